The molecule has 0 aromatic heterocycles. The van der Waals surface area contributed by atoms with Crippen molar-refractivity contribution in [3.63, 3.8) is 0 Å². The monoisotopic (exact) mass is 300 g/mol. The molecule has 1 aromatic carbocycles. The maximum Gasteiger partial charge on any atom is 0.238 e. The van der Waals surface area contributed by atoms with Gasteiger partial charge in [-0.15, -0.1) is 6.58 Å². The van der Waals surface area contributed by atoms with Crippen LogP contribution in [0, 0.1) is 0 Å². The van der Waals surface area contributed by atoms with E-state index in [0.717, 1.165) is 0 Å². The van der Waals surface area contributed by atoms with E-state index in [1.807, 2.05) is 4.90 Å². The Labute approximate surface area is 119 Å². The second kappa shape index (κ2) is 8.01. The summed E-state index contributed by atoms with van der Waals surface area (Å²) in [6.45, 7) is 6.03. The first-order valence-electron chi connectivity index (χ1n) is 6.17. The lowest BCUT2D eigenvalue weighted by molar-refractivity contribution is 0.180. The van der Waals surface area contributed by atoms with Gasteiger partial charge in [-0.3, -0.25) is 4.90 Å². The first-order valence-corrected chi connectivity index (χ1v) is 7.72. The van der Waals surface area contributed by atoms with Crippen LogP contribution >= 0.6 is 0 Å². The highest BCUT2D eigenvalue weighted by atomic mass is 32.2. The number of hydrogen-bond acceptors (Lipinski definition) is 5. The summed E-state index contributed by atoms with van der Waals surface area (Å²) < 4.78 is 27.7. The topological polar surface area (TPSA) is 92.9 Å². The van der Waals surface area contributed by atoms with Gasteiger partial charge in [0.15, 0.2) is 0 Å². The number of benzene rings is 1. The van der Waals surface area contributed by atoms with Gasteiger partial charge in [0, 0.05) is 19.6 Å². The number of rotatable bonds is 9. The first-order chi connectivity index (χ1) is 9.47. The number of ether oxygens (including phenoxy) is 1. The Morgan fingerprint density at radius 2 is 1.95 bits per heavy atom. The normalized spacial score (nSPS) is 11.6. The van der Waals surface area contributed by atoms with Gasteiger partial charge in [0.05, 0.1) is 11.5 Å². The summed E-state index contributed by atoms with van der Waals surface area (Å²) in [5.41, 5.74) is 0. The van der Waals surface area contributed by atoms with Crippen molar-refractivity contribution < 1.29 is 18.3 Å². The third kappa shape index (κ3) is 5.70. The van der Waals surface area contributed by atoms with E-state index in [9.17, 15) is 8.42 Å². The molecule has 0 saturated heterocycles. The average molecular weight is 300 g/mol. The predicted octanol–water partition coefficient (Wildman–Crippen LogP) is 0.193. The van der Waals surface area contributed by atoms with Gasteiger partial charge in [-0.25, -0.2) is 13.6 Å². The standard InChI is InChI=1S/C13H20N2O4S/c1-2-7-15(8-10-16)9-11-19-12-3-5-13(6-4-12)20(14,17)18/h2-6,16H,1,7-11H2,(H2,14,17,18). The van der Waals surface area contributed by atoms with Gasteiger partial charge < -0.3 is 9.84 Å². The highest BCUT2D eigenvalue weighted by molar-refractivity contribution is 7.89. The van der Waals surface area contributed by atoms with E-state index in [0.29, 0.717) is 32.0 Å². The van der Waals surface area contributed by atoms with Gasteiger partial charge in [0.1, 0.15) is 12.4 Å². The lowest BCUT2D eigenvalue weighted by Gasteiger charge is -2.19. The quantitative estimate of drug-likeness (QED) is 0.635. The molecule has 0 bridgehead atoms. The predicted molar refractivity (Wildman–Crippen MR) is 77.0 cm³/mol. The minimum atomic E-state index is -3.67. The molecule has 0 amide bonds. The third-order valence-corrected chi connectivity index (χ3v) is 3.56. The van der Waals surface area contributed by atoms with E-state index in [-0.39, 0.29) is 11.5 Å². The molecule has 0 unspecified atom stereocenters. The summed E-state index contributed by atoms with van der Waals surface area (Å²) in [4.78, 5) is 2.05. The SMILES string of the molecule is C=CCN(CCO)CCOc1ccc(S(N)(=O)=O)cc1. The fraction of sp³-hybridized carbons (Fsp3) is 0.385. The zero-order valence-electron chi connectivity index (χ0n) is 11.2. The summed E-state index contributed by atoms with van der Waals surface area (Å²) in [6.07, 6.45) is 1.76. The van der Waals surface area contributed by atoms with Crippen molar-refractivity contribution in [1.29, 1.82) is 0 Å². The van der Waals surface area contributed by atoms with E-state index >= 15 is 0 Å². The number of primary sulfonamides is 1. The molecule has 6 nitrogen and oxygen atoms in total. The molecular weight excluding hydrogens is 280 g/mol. The van der Waals surface area contributed by atoms with Gasteiger partial charge in [-0.05, 0) is 24.3 Å². The van der Waals surface area contributed by atoms with E-state index < -0.39 is 10.0 Å². The number of aliphatic hydroxyl groups is 1. The van der Waals surface area contributed by atoms with Crippen molar-refractivity contribution >= 4 is 10.0 Å². The van der Waals surface area contributed by atoms with Crippen LogP contribution in [0.15, 0.2) is 41.8 Å². The van der Waals surface area contributed by atoms with Crippen LogP contribution in [0.25, 0.3) is 0 Å². The summed E-state index contributed by atoms with van der Waals surface area (Å²) in [5.74, 6) is 0.569. The van der Waals surface area contributed by atoms with Crippen molar-refractivity contribution in [2.24, 2.45) is 5.14 Å². The Bertz CT molecular complexity index is 514. The molecule has 0 spiro atoms. The maximum atomic E-state index is 11.1. The number of aliphatic hydroxyl groups excluding tert-OH is 1. The van der Waals surface area contributed by atoms with Crippen LogP contribution in [-0.4, -0.2) is 51.3 Å². The molecule has 0 radical (unpaired) electrons. The second-order valence-corrected chi connectivity index (χ2v) is 5.74. The van der Waals surface area contributed by atoms with Gasteiger partial charge in [-0.1, -0.05) is 6.08 Å². The third-order valence-electron chi connectivity index (χ3n) is 2.63. The maximum absolute atomic E-state index is 11.1. The second-order valence-electron chi connectivity index (χ2n) is 4.18. The lowest BCUT2D eigenvalue weighted by Crippen LogP contribution is -2.31. The van der Waals surface area contributed by atoms with Crippen LogP contribution in [0.5, 0.6) is 5.75 Å². The molecule has 1 aromatic rings. The Balaban J connectivity index is 2.47. The van der Waals surface area contributed by atoms with E-state index in [2.05, 4.69) is 6.58 Å². The molecule has 0 aliphatic heterocycles. The van der Waals surface area contributed by atoms with Crippen molar-refractivity contribution in [2.75, 3.05) is 32.8 Å². The minimum Gasteiger partial charge on any atom is -0.492 e. The Morgan fingerprint density at radius 3 is 2.45 bits per heavy atom. The largest absolute Gasteiger partial charge is 0.492 e. The van der Waals surface area contributed by atoms with Crippen LogP contribution in [0.3, 0.4) is 0 Å². The Kier molecular flexibility index (Phi) is 6.66. The van der Waals surface area contributed by atoms with E-state index in [1.165, 1.54) is 12.1 Å². The van der Waals surface area contributed by atoms with Crippen molar-refractivity contribution in [3.05, 3.63) is 36.9 Å². The Hall–Kier alpha value is -1.41. The van der Waals surface area contributed by atoms with Crippen molar-refractivity contribution in [2.45, 2.75) is 4.90 Å². The zero-order valence-corrected chi connectivity index (χ0v) is 12.1. The van der Waals surface area contributed by atoms with Gasteiger partial charge in [0.2, 0.25) is 10.0 Å². The summed E-state index contributed by atoms with van der Waals surface area (Å²) in [5, 5.41) is 13.9. The zero-order chi connectivity index (χ0) is 15.0. The van der Waals surface area contributed by atoms with Gasteiger partial charge in [-0.2, -0.15) is 0 Å². The number of sulfonamides is 1. The molecule has 0 heterocycles. The average Bonchev–Trinajstić information content (AvgIpc) is 2.39. The lowest BCUT2D eigenvalue weighted by atomic mass is 10.3. The first kappa shape index (κ1) is 16.6. The van der Waals surface area contributed by atoms with Crippen LogP contribution in [0.1, 0.15) is 0 Å². The van der Waals surface area contributed by atoms with Gasteiger partial charge in [0.25, 0.3) is 0 Å². The van der Waals surface area contributed by atoms with E-state index in [1.54, 1.807) is 18.2 Å². The van der Waals surface area contributed by atoms with Gasteiger partial charge >= 0.3 is 0 Å². The molecule has 1 rings (SSSR count). The van der Waals surface area contributed by atoms with Crippen LogP contribution < -0.4 is 9.88 Å². The summed E-state index contributed by atoms with van der Waals surface area (Å²) >= 11 is 0. The smallest absolute Gasteiger partial charge is 0.238 e. The highest BCUT2D eigenvalue weighted by Gasteiger charge is 2.07. The van der Waals surface area contributed by atoms with Crippen LogP contribution in [0.2, 0.25) is 0 Å². The van der Waals surface area contributed by atoms with Crippen molar-refractivity contribution in [1.82, 2.24) is 4.90 Å². The number of hydrogen-bond donors (Lipinski definition) is 2. The molecule has 0 fully saturated rings. The van der Waals surface area contributed by atoms with Crippen LogP contribution in [0.4, 0.5) is 0 Å². The fourth-order valence-electron chi connectivity index (χ4n) is 1.64. The number of nitrogens with zero attached hydrogens (tertiary/aromatic N) is 1. The summed E-state index contributed by atoms with van der Waals surface area (Å²) in [7, 11) is -3.67. The van der Waals surface area contributed by atoms with E-state index in [4.69, 9.17) is 15.0 Å². The molecule has 3 N–H and O–H groups in total. The molecular formula is C13H20N2O4S. The highest BCUT2D eigenvalue weighted by Crippen LogP contribution is 2.14. The summed E-state index contributed by atoms with van der Waals surface area (Å²) in [6, 6.07) is 5.92. The number of nitrogens with two attached hydrogens (primary N) is 1. The molecule has 0 aliphatic carbocycles. The van der Waals surface area contributed by atoms with Crippen LogP contribution in [-0.2, 0) is 10.0 Å². The van der Waals surface area contributed by atoms with Crippen molar-refractivity contribution in [3.8, 4) is 5.75 Å². The molecule has 0 atom stereocenters. The molecule has 7 heteroatoms. The minimum absolute atomic E-state index is 0.0541. The fourth-order valence-corrected chi connectivity index (χ4v) is 2.15. The molecule has 0 saturated carbocycles. The molecule has 112 valence electrons. The molecule has 20 heavy (non-hydrogen) atoms. The Morgan fingerprint density at radius 1 is 1.30 bits per heavy atom. The molecule has 0 aliphatic rings.